The molecule has 0 bridgehead atoms. The highest BCUT2D eigenvalue weighted by molar-refractivity contribution is 7.98. The fourth-order valence-corrected chi connectivity index (χ4v) is 2.16. The first-order valence-corrected chi connectivity index (χ1v) is 6.52. The summed E-state index contributed by atoms with van der Waals surface area (Å²) in [6.45, 7) is 0. The van der Waals surface area contributed by atoms with Gasteiger partial charge in [0.2, 0.25) is 0 Å². The molecular weight excluding hydrogens is 251 g/mol. The summed E-state index contributed by atoms with van der Waals surface area (Å²) in [5.74, 6) is -1.97. The lowest BCUT2D eigenvalue weighted by Crippen LogP contribution is -2.03. The van der Waals surface area contributed by atoms with Gasteiger partial charge >= 0.3 is 5.97 Å². The molecule has 2 rings (SSSR count). The molecule has 0 amide bonds. The van der Waals surface area contributed by atoms with Crippen LogP contribution in [0.3, 0.4) is 0 Å². The van der Waals surface area contributed by atoms with Crippen LogP contribution in [0.4, 0.5) is 4.39 Å². The van der Waals surface area contributed by atoms with Crippen LogP contribution >= 0.6 is 11.8 Å². The maximum Gasteiger partial charge on any atom is 0.339 e. The zero-order valence-electron chi connectivity index (χ0n) is 9.68. The molecule has 2 nitrogen and oxygen atoms in total. The fourth-order valence-electron chi connectivity index (χ4n) is 1.75. The largest absolute Gasteiger partial charge is 0.478 e. The number of rotatable bonds is 3. The highest BCUT2D eigenvalue weighted by atomic mass is 32.2. The minimum atomic E-state index is -1.25. The second-order valence-corrected chi connectivity index (χ2v) is 4.58. The second kappa shape index (κ2) is 5.23. The van der Waals surface area contributed by atoms with Crippen molar-refractivity contribution in [2.45, 2.75) is 4.90 Å². The van der Waals surface area contributed by atoms with Crippen LogP contribution in [-0.2, 0) is 0 Å². The molecule has 0 aliphatic rings. The van der Waals surface area contributed by atoms with Crippen LogP contribution < -0.4 is 0 Å². The van der Waals surface area contributed by atoms with Gasteiger partial charge in [-0.1, -0.05) is 24.3 Å². The highest BCUT2D eigenvalue weighted by Crippen LogP contribution is 2.27. The summed E-state index contributed by atoms with van der Waals surface area (Å²) >= 11 is 1.60. The van der Waals surface area contributed by atoms with Gasteiger partial charge in [-0.05, 0) is 35.6 Å². The van der Waals surface area contributed by atoms with Gasteiger partial charge in [0.1, 0.15) is 11.4 Å². The molecule has 0 aliphatic carbocycles. The molecular formula is C14H11FO2S. The fraction of sp³-hybridized carbons (Fsp3) is 0.0714. The van der Waals surface area contributed by atoms with Crippen molar-refractivity contribution in [3.05, 3.63) is 53.8 Å². The molecule has 0 aliphatic heterocycles. The van der Waals surface area contributed by atoms with Crippen molar-refractivity contribution in [3.8, 4) is 11.1 Å². The van der Waals surface area contributed by atoms with Crippen molar-refractivity contribution < 1.29 is 14.3 Å². The second-order valence-electron chi connectivity index (χ2n) is 3.70. The Morgan fingerprint density at radius 2 is 1.83 bits per heavy atom. The van der Waals surface area contributed by atoms with E-state index in [2.05, 4.69) is 0 Å². The molecule has 0 heterocycles. The number of hydrogen-bond acceptors (Lipinski definition) is 2. The monoisotopic (exact) mass is 262 g/mol. The summed E-state index contributed by atoms with van der Waals surface area (Å²) in [4.78, 5) is 12.2. The lowest BCUT2D eigenvalue weighted by atomic mass is 9.99. The molecule has 0 unspecified atom stereocenters. The van der Waals surface area contributed by atoms with Crippen LogP contribution in [0.5, 0.6) is 0 Å². The molecule has 0 radical (unpaired) electrons. The van der Waals surface area contributed by atoms with Gasteiger partial charge in [-0.2, -0.15) is 0 Å². The first kappa shape index (κ1) is 12.6. The Hall–Kier alpha value is -1.81. The van der Waals surface area contributed by atoms with Gasteiger partial charge in [-0.25, -0.2) is 9.18 Å². The number of carboxylic acids is 1. The van der Waals surface area contributed by atoms with Crippen molar-refractivity contribution in [1.29, 1.82) is 0 Å². The molecule has 2 aromatic rings. The Labute approximate surface area is 108 Å². The summed E-state index contributed by atoms with van der Waals surface area (Å²) < 4.78 is 13.5. The van der Waals surface area contributed by atoms with Crippen LogP contribution in [0.2, 0.25) is 0 Å². The first-order valence-electron chi connectivity index (χ1n) is 5.29. The average Bonchev–Trinajstić information content (AvgIpc) is 2.38. The summed E-state index contributed by atoms with van der Waals surface area (Å²) in [6, 6.07) is 11.6. The molecule has 18 heavy (non-hydrogen) atoms. The maximum absolute atomic E-state index is 13.5. The number of carbonyl (C=O) groups is 1. The molecule has 0 spiro atoms. The van der Waals surface area contributed by atoms with Gasteiger partial charge in [0.25, 0.3) is 0 Å². The predicted octanol–water partition coefficient (Wildman–Crippen LogP) is 3.91. The Bertz CT molecular complexity index is 579. The first-order chi connectivity index (χ1) is 8.63. The summed E-state index contributed by atoms with van der Waals surface area (Å²) in [7, 11) is 0. The molecule has 1 N–H and O–H groups in total. The molecule has 0 saturated heterocycles. The van der Waals surface area contributed by atoms with E-state index in [1.807, 2.05) is 18.4 Å². The number of carboxylic acid groups (broad SMARTS) is 1. The lowest BCUT2D eigenvalue weighted by Gasteiger charge is -2.07. The van der Waals surface area contributed by atoms with E-state index >= 15 is 0 Å². The molecule has 0 atom stereocenters. The third kappa shape index (κ3) is 2.38. The highest BCUT2D eigenvalue weighted by Gasteiger charge is 2.16. The van der Waals surface area contributed by atoms with E-state index in [4.69, 9.17) is 5.11 Å². The molecule has 4 heteroatoms. The average molecular weight is 262 g/mol. The van der Waals surface area contributed by atoms with Gasteiger partial charge in [-0.15, -0.1) is 11.8 Å². The number of hydrogen-bond donors (Lipinski definition) is 1. The lowest BCUT2D eigenvalue weighted by molar-refractivity contribution is 0.0693. The van der Waals surface area contributed by atoms with Gasteiger partial charge in [0.15, 0.2) is 0 Å². The Kier molecular flexibility index (Phi) is 3.67. The Morgan fingerprint density at radius 3 is 2.39 bits per heavy atom. The third-order valence-corrected chi connectivity index (χ3v) is 3.37. The number of thioether (sulfide) groups is 1. The number of benzene rings is 2. The minimum absolute atomic E-state index is 0.283. The van der Waals surface area contributed by atoms with Crippen molar-refractivity contribution >= 4 is 17.7 Å². The van der Waals surface area contributed by atoms with Gasteiger partial charge in [0.05, 0.1) is 0 Å². The van der Waals surface area contributed by atoms with Gasteiger partial charge in [-0.3, -0.25) is 0 Å². The smallest absolute Gasteiger partial charge is 0.339 e. The molecule has 2 aromatic carbocycles. The van der Waals surface area contributed by atoms with E-state index < -0.39 is 11.8 Å². The van der Waals surface area contributed by atoms with Crippen molar-refractivity contribution in [1.82, 2.24) is 0 Å². The van der Waals surface area contributed by atoms with Gasteiger partial charge < -0.3 is 5.11 Å². The minimum Gasteiger partial charge on any atom is -0.478 e. The molecule has 0 aromatic heterocycles. The van der Waals surface area contributed by atoms with Crippen LogP contribution in [-0.4, -0.2) is 17.3 Å². The summed E-state index contributed by atoms with van der Waals surface area (Å²) in [5.41, 5.74) is 0.814. The molecule has 0 saturated carbocycles. The van der Waals surface area contributed by atoms with Crippen LogP contribution in [0.1, 0.15) is 10.4 Å². The van der Waals surface area contributed by atoms with Crippen LogP contribution in [0, 0.1) is 5.82 Å². The standard InChI is InChI=1S/C14H11FO2S/c1-18-10-7-5-9(6-8-10)11-3-2-4-12(15)13(11)14(16)17/h2-8H,1H3,(H,16,17). The van der Waals surface area contributed by atoms with Crippen LogP contribution in [0.25, 0.3) is 11.1 Å². The SMILES string of the molecule is CSc1ccc(-c2cccc(F)c2C(=O)O)cc1. The van der Waals surface area contributed by atoms with E-state index in [-0.39, 0.29) is 5.56 Å². The normalized spacial score (nSPS) is 10.3. The maximum atomic E-state index is 13.5. The molecule has 0 fully saturated rings. The topological polar surface area (TPSA) is 37.3 Å². The van der Waals surface area contributed by atoms with Crippen molar-refractivity contribution in [2.24, 2.45) is 0 Å². The summed E-state index contributed by atoms with van der Waals surface area (Å²) in [5, 5.41) is 9.06. The van der Waals surface area contributed by atoms with E-state index in [0.717, 1.165) is 11.0 Å². The van der Waals surface area contributed by atoms with E-state index in [9.17, 15) is 9.18 Å². The van der Waals surface area contributed by atoms with Crippen molar-refractivity contribution in [3.63, 3.8) is 0 Å². The zero-order valence-corrected chi connectivity index (χ0v) is 10.5. The van der Waals surface area contributed by atoms with Crippen LogP contribution in [0.15, 0.2) is 47.4 Å². The number of aromatic carboxylic acids is 1. The van der Waals surface area contributed by atoms with E-state index in [1.165, 1.54) is 6.07 Å². The van der Waals surface area contributed by atoms with Crippen molar-refractivity contribution in [2.75, 3.05) is 6.26 Å². The van der Waals surface area contributed by atoms with Gasteiger partial charge in [0, 0.05) is 4.90 Å². The summed E-state index contributed by atoms with van der Waals surface area (Å²) in [6.07, 6.45) is 1.96. The Balaban J connectivity index is 2.56. The van der Waals surface area contributed by atoms with E-state index in [0.29, 0.717) is 11.1 Å². The quantitative estimate of drug-likeness (QED) is 0.852. The number of halogens is 1. The molecule has 92 valence electrons. The third-order valence-electron chi connectivity index (χ3n) is 2.63. The zero-order chi connectivity index (χ0) is 13.1. The van der Waals surface area contributed by atoms with E-state index in [1.54, 1.807) is 30.0 Å². The Morgan fingerprint density at radius 1 is 1.17 bits per heavy atom. The predicted molar refractivity (Wildman–Crippen MR) is 70.6 cm³/mol.